The van der Waals surface area contributed by atoms with Gasteiger partial charge >= 0.3 is 7.82 Å². The van der Waals surface area contributed by atoms with E-state index in [4.69, 9.17) is 25.7 Å². The molecule has 2 aromatic heterocycles. The second-order valence-corrected chi connectivity index (χ2v) is 11.4. The Hall–Kier alpha value is -3.21. The first-order valence-electron chi connectivity index (χ1n) is 13.5. The molecular formula is C28H38N5O6P. The van der Waals surface area contributed by atoms with Crippen LogP contribution in [0, 0.1) is 0 Å². The number of phenols is 1. The SMILES string of the molecule is CCCCc1nc2c(N)nc3ccc(C(C)(N)CCOCCC)cc3c2n1Cc1cccc(OP(=O)(O)O)c1O. The fraction of sp³-hybridized carbons (Fsp3) is 0.429. The van der Waals surface area contributed by atoms with Crippen molar-refractivity contribution in [1.82, 2.24) is 14.5 Å². The third-order valence-corrected chi connectivity index (χ3v) is 7.37. The van der Waals surface area contributed by atoms with Crippen LogP contribution in [0.3, 0.4) is 0 Å². The molecular weight excluding hydrogens is 533 g/mol. The van der Waals surface area contributed by atoms with Crippen molar-refractivity contribution in [2.24, 2.45) is 5.73 Å². The summed E-state index contributed by atoms with van der Waals surface area (Å²) >= 11 is 0. The van der Waals surface area contributed by atoms with E-state index in [9.17, 15) is 19.5 Å². The summed E-state index contributed by atoms with van der Waals surface area (Å²) in [4.78, 5) is 28.0. The van der Waals surface area contributed by atoms with Crippen molar-refractivity contribution >= 4 is 35.6 Å². The van der Waals surface area contributed by atoms with Gasteiger partial charge in [-0.1, -0.05) is 38.5 Å². The lowest BCUT2D eigenvalue weighted by molar-refractivity contribution is 0.117. The van der Waals surface area contributed by atoms with Crippen molar-refractivity contribution in [3.8, 4) is 11.5 Å². The van der Waals surface area contributed by atoms with Crippen LogP contribution in [-0.2, 0) is 27.8 Å². The molecule has 0 saturated carbocycles. The Balaban J connectivity index is 1.87. The quantitative estimate of drug-likeness (QED) is 0.111. The lowest BCUT2D eigenvalue weighted by Gasteiger charge is -2.25. The van der Waals surface area contributed by atoms with Crippen molar-refractivity contribution in [2.75, 3.05) is 18.9 Å². The van der Waals surface area contributed by atoms with E-state index in [0.29, 0.717) is 42.7 Å². The van der Waals surface area contributed by atoms with Gasteiger partial charge in [0.1, 0.15) is 11.3 Å². The summed E-state index contributed by atoms with van der Waals surface area (Å²) in [5, 5.41) is 11.7. The molecule has 12 heteroatoms. The summed E-state index contributed by atoms with van der Waals surface area (Å²) in [5.41, 5.74) is 15.8. The Bertz CT molecular complexity index is 1550. The average Bonchev–Trinajstić information content (AvgIpc) is 3.25. The van der Waals surface area contributed by atoms with Crippen LogP contribution in [0.2, 0.25) is 0 Å². The third-order valence-electron chi connectivity index (χ3n) is 6.94. The van der Waals surface area contributed by atoms with Gasteiger partial charge in [0.25, 0.3) is 0 Å². The van der Waals surface area contributed by atoms with E-state index < -0.39 is 13.4 Å². The van der Waals surface area contributed by atoms with Crippen molar-refractivity contribution < 1.29 is 28.7 Å². The smallest absolute Gasteiger partial charge is 0.504 e. The highest BCUT2D eigenvalue weighted by atomic mass is 31.2. The van der Waals surface area contributed by atoms with Gasteiger partial charge in [-0.05, 0) is 49.9 Å². The minimum absolute atomic E-state index is 0.160. The number of hydrogen-bond donors (Lipinski definition) is 5. The first-order valence-corrected chi connectivity index (χ1v) is 15.0. The van der Waals surface area contributed by atoms with Gasteiger partial charge in [-0.2, -0.15) is 0 Å². The second kappa shape index (κ2) is 12.1. The number of nitrogen functional groups attached to an aromatic ring is 1. The number of aromatic nitrogens is 3. The van der Waals surface area contributed by atoms with Gasteiger partial charge in [0, 0.05) is 36.1 Å². The first-order chi connectivity index (χ1) is 18.9. The van der Waals surface area contributed by atoms with Crippen LogP contribution < -0.4 is 16.0 Å². The maximum Gasteiger partial charge on any atom is 0.524 e. The van der Waals surface area contributed by atoms with Crippen molar-refractivity contribution in [2.45, 2.75) is 65.0 Å². The van der Waals surface area contributed by atoms with E-state index in [2.05, 4.69) is 18.8 Å². The average molecular weight is 572 g/mol. The maximum atomic E-state index is 11.4. The lowest BCUT2D eigenvalue weighted by Crippen LogP contribution is -2.34. The monoisotopic (exact) mass is 571 g/mol. The minimum Gasteiger partial charge on any atom is -0.504 e. The Morgan fingerprint density at radius 3 is 2.58 bits per heavy atom. The largest absolute Gasteiger partial charge is 0.524 e. The van der Waals surface area contributed by atoms with Crippen LogP contribution in [0.25, 0.3) is 21.9 Å². The zero-order chi connectivity index (χ0) is 29.1. The Kier molecular flexibility index (Phi) is 9.02. The highest BCUT2D eigenvalue weighted by Gasteiger charge is 2.25. The molecule has 0 fully saturated rings. The molecule has 0 aliphatic heterocycles. The van der Waals surface area contributed by atoms with E-state index in [0.717, 1.165) is 41.6 Å². The molecule has 4 aromatic rings. The van der Waals surface area contributed by atoms with Gasteiger partial charge in [-0.3, -0.25) is 9.79 Å². The number of phosphoric acid groups is 1. The highest BCUT2D eigenvalue weighted by Crippen LogP contribution is 2.43. The summed E-state index contributed by atoms with van der Waals surface area (Å²) in [6.07, 6.45) is 4.06. The molecule has 1 unspecified atom stereocenters. The fourth-order valence-corrected chi connectivity index (χ4v) is 5.15. The topological polar surface area (TPSA) is 179 Å². The Labute approximate surface area is 233 Å². The molecule has 2 aromatic carbocycles. The number of nitrogens with zero attached hydrogens (tertiary/aromatic N) is 3. The summed E-state index contributed by atoms with van der Waals surface area (Å²) in [5.74, 6) is 0.385. The minimum atomic E-state index is -4.87. The second-order valence-electron chi connectivity index (χ2n) is 10.3. The van der Waals surface area contributed by atoms with Crippen LogP contribution in [0.15, 0.2) is 36.4 Å². The van der Waals surface area contributed by atoms with Crippen LogP contribution in [0.4, 0.5) is 5.82 Å². The molecule has 0 bridgehead atoms. The van der Waals surface area contributed by atoms with Gasteiger partial charge in [0.2, 0.25) is 0 Å². The number of ether oxygens (including phenoxy) is 1. The first kappa shape index (κ1) is 29.8. The molecule has 7 N–H and O–H groups in total. The summed E-state index contributed by atoms with van der Waals surface area (Å²) in [6, 6.07) is 10.4. The maximum absolute atomic E-state index is 11.4. The number of benzene rings is 2. The van der Waals surface area contributed by atoms with Crippen molar-refractivity contribution in [3.05, 3.63) is 53.3 Å². The molecule has 0 amide bonds. The van der Waals surface area contributed by atoms with Crippen LogP contribution in [-0.4, -0.2) is 42.6 Å². The predicted molar refractivity (Wildman–Crippen MR) is 155 cm³/mol. The highest BCUT2D eigenvalue weighted by molar-refractivity contribution is 7.46. The Morgan fingerprint density at radius 1 is 1.10 bits per heavy atom. The molecule has 2 heterocycles. The van der Waals surface area contributed by atoms with Gasteiger partial charge in [-0.15, -0.1) is 0 Å². The number of fused-ring (bicyclic) bond motifs is 3. The molecule has 0 radical (unpaired) electrons. The lowest BCUT2D eigenvalue weighted by atomic mass is 9.89. The summed E-state index contributed by atoms with van der Waals surface area (Å²) in [7, 11) is -4.87. The molecule has 216 valence electrons. The molecule has 11 nitrogen and oxygen atoms in total. The number of pyridine rings is 1. The molecule has 40 heavy (non-hydrogen) atoms. The number of anilines is 1. The van der Waals surface area contributed by atoms with Crippen LogP contribution in [0.5, 0.6) is 11.5 Å². The number of imidazole rings is 1. The zero-order valence-electron chi connectivity index (χ0n) is 23.1. The summed E-state index contributed by atoms with van der Waals surface area (Å²) < 4.78 is 23.8. The number of phenolic OH excluding ortho intramolecular Hbond substituents is 1. The fourth-order valence-electron chi connectivity index (χ4n) is 4.75. The molecule has 4 rings (SSSR count). The number of para-hydroxylation sites is 1. The number of phosphoric ester groups is 1. The van der Waals surface area contributed by atoms with E-state index in [-0.39, 0.29) is 23.9 Å². The van der Waals surface area contributed by atoms with Crippen LogP contribution >= 0.6 is 7.82 Å². The zero-order valence-corrected chi connectivity index (χ0v) is 24.0. The van der Waals surface area contributed by atoms with Gasteiger partial charge in [0.05, 0.1) is 17.6 Å². The predicted octanol–water partition coefficient (Wildman–Crippen LogP) is 4.73. The van der Waals surface area contributed by atoms with Gasteiger partial charge in [-0.25, -0.2) is 14.5 Å². The standard InChI is InChI=1S/C28H38N5O6P/c1-4-6-10-23-32-24-25(33(23)17-18-8-7-9-22(26(18)34)39-40(35,36)37)20-16-19(11-12-21(20)31-27(24)29)28(3,30)13-15-38-14-5-2/h7-9,11-12,16,34H,4-6,10,13-15,17,30H2,1-3H3,(H2,29,31)(H2,35,36,37). The van der Waals surface area contributed by atoms with E-state index in [1.165, 1.54) is 6.07 Å². The molecule has 0 aliphatic carbocycles. The third kappa shape index (κ3) is 6.56. The van der Waals surface area contributed by atoms with E-state index >= 15 is 0 Å². The van der Waals surface area contributed by atoms with Crippen LogP contribution in [0.1, 0.15) is 63.4 Å². The summed E-state index contributed by atoms with van der Waals surface area (Å²) in [6.45, 7) is 7.51. The van der Waals surface area contributed by atoms with Crippen molar-refractivity contribution in [1.29, 1.82) is 0 Å². The normalized spacial score (nSPS) is 13.7. The number of hydrogen-bond acceptors (Lipinski definition) is 8. The number of aromatic hydroxyl groups is 1. The molecule has 0 spiro atoms. The van der Waals surface area contributed by atoms with E-state index in [1.54, 1.807) is 12.1 Å². The van der Waals surface area contributed by atoms with Gasteiger partial charge in [0.15, 0.2) is 17.3 Å². The number of unbranched alkanes of at least 4 members (excludes halogenated alkanes) is 1. The number of nitrogens with two attached hydrogens (primary N) is 2. The number of aryl methyl sites for hydroxylation is 1. The van der Waals surface area contributed by atoms with Crippen molar-refractivity contribution in [3.63, 3.8) is 0 Å². The molecule has 0 saturated heterocycles. The van der Waals surface area contributed by atoms with Gasteiger partial charge < -0.3 is 30.4 Å². The van der Waals surface area contributed by atoms with E-state index in [1.807, 2.05) is 29.7 Å². The molecule has 1 atom stereocenters. The Morgan fingerprint density at radius 2 is 1.88 bits per heavy atom. The number of rotatable bonds is 13. The molecule has 0 aliphatic rings.